The number of rotatable bonds is 5. The molecule has 1 saturated heterocycles. The monoisotopic (exact) mass is 375 g/mol. The summed E-state index contributed by atoms with van der Waals surface area (Å²) in [5, 5.41) is 17.2. The summed E-state index contributed by atoms with van der Waals surface area (Å²) in [6, 6.07) is 7.97. The molecule has 6 nitrogen and oxygen atoms in total. The number of carbonyl (C=O) groups is 1. The average Bonchev–Trinajstić information content (AvgIpc) is 3.07. The summed E-state index contributed by atoms with van der Waals surface area (Å²) in [6.45, 7) is 8.08. The minimum Gasteiger partial charge on any atom is -0.478 e. The van der Waals surface area contributed by atoms with E-state index in [0.29, 0.717) is 19.6 Å². The molecular formula is C20H26FN3O3. The van der Waals surface area contributed by atoms with Crippen LogP contribution in [0.5, 0.6) is 5.75 Å². The van der Waals surface area contributed by atoms with E-state index in [1.807, 2.05) is 0 Å². The van der Waals surface area contributed by atoms with Gasteiger partial charge in [0, 0.05) is 43.6 Å². The Hall–Kier alpha value is -2.41. The van der Waals surface area contributed by atoms with Crippen molar-refractivity contribution < 1.29 is 19.0 Å². The number of H-pyrrole nitrogens is 1. The van der Waals surface area contributed by atoms with Gasteiger partial charge in [-0.3, -0.25) is 10.00 Å². The molecule has 2 N–H and O–H groups in total. The third kappa shape index (κ3) is 4.30. The number of nitrogens with one attached hydrogen (secondary N) is 1. The number of likely N-dealkylation sites (tertiary alicyclic amines) is 1. The first-order valence-electron chi connectivity index (χ1n) is 9.14. The highest BCUT2D eigenvalue weighted by molar-refractivity contribution is 5.78. The molecule has 0 unspecified atom stereocenters. The Morgan fingerprint density at radius 2 is 2.00 bits per heavy atom. The van der Waals surface area contributed by atoms with Gasteiger partial charge in [0.2, 0.25) is 5.60 Å². The highest BCUT2D eigenvalue weighted by Gasteiger charge is 2.44. The molecule has 27 heavy (non-hydrogen) atoms. The standard InChI is InChI=1S/C20H26FN3O3/c1-19(2,3)17-12-14(22-23-17)13-24-10-8-20(9-11-24,18(25)26)27-16-7-5-4-6-15(16)21/h4-7,12H,8-11,13H2,1-3H3,(H,22,23)(H,25,26). The summed E-state index contributed by atoms with van der Waals surface area (Å²) in [5.74, 6) is -1.62. The van der Waals surface area contributed by atoms with E-state index in [4.69, 9.17) is 4.74 Å². The summed E-state index contributed by atoms with van der Waals surface area (Å²) in [5.41, 5.74) is 0.571. The number of carboxylic acids is 1. The number of hydrogen-bond donors (Lipinski definition) is 2. The number of halogens is 1. The maximum Gasteiger partial charge on any atom is 0.348 e. The van der Waals surface area contributed by atoms with Crippen LogP contribution in [0, 0.1) is 5.82 Å². The number of piperidine rings is 1. The van der Waals surface area contributed by atoms with Crippen LogP contribution in [0.2, 0.25) is 0 Å². The molecule has 0 radical (unpaired) electrons. The Morgan fingerprint density at radius 1 is 1.33 bits per heavy atom. The van der Waals surface area contributed by atoms with Gasteiger partial charge in [-0.2, -0.15) is 5.10 Å². The van der Waals surface area contributed by atoms with E-state index in [1.54, 1.807) is 12.1 Å². The van der Waals surface area contributed by atoms with Crippen molar-refractivity contribution in [2.75, 3.05) is 13.1 Å². The molecule has 2 aromatic rings. The summed E-state index contributed by atoms with van der Waals surface area (Å²) in [7, 11) is 0. The molecule has 7 heteroatoms. The maximum atomic E-state index is 13.9. The van der Waals surface area contributed by atoms with Gasteiger partial charge in [-0.05, 0) is 18.2 Å². The summed E-state index contributed by atoms with van der Waals surface area (Å²) >= 11 is 0. The van der Waals surface area contributed by atoms with Crippen LogP contribution in [-0.2, 0) is 16.8 Å². The minimum atomic E-state index is -1.40. The molecule has 1 aliphatic heterocycles. The van der Waals surface area contributed by atoms with Crippen LogP contribution in [0.15, 0.2) is 30.3 Å². The molecule has 1 aromatic heterocycles. The number of ether oxygens (including phenoxy) is 1. The van der Waals surface area contributed by atoms with Gasteiger partial charge in [0.25, 0.3) is 0 Å². The van der Waals surface area contributed by atoms with Crippen molar-refractivity contribution >= 4 is 5.97 Å². The number of aromatic nitrogens is 2. The van der Waals surface area contributed by atoms with Gasteiger partial charge in [0.1, 0.15) is 0 Å². The summed E-state index contributed by atoms with van der Waals surface area (Å²) in [4.78, 5) is 14.0. The number of para-hydroxylation sites is 1. The molecule has 2 heterocycles. The molecule has 0 saturated carbocycles. The zero-order chi connectivity index (χ0) is 19.7. The Kier molecular flexibility index (Phi) is 5.24. The second-order valence-electron chi connectivity index (χ2n) is 8.14. The third-order valence-corrected chi connectivity index (χ3v) is 4.99. The van der Waals surface area contributed by atoms with Gasteiger partial charge in [-0.1, -0.05) is 32.9 Å². The third-order valence-electron chi connectivity index (χ3n) is 4.99. The zero-order valence-corrected chi connectivity index (χ0v) is 16.0. The lowest BCUT2D eigenvalue weighted by atomic mass is 9.90. The van der Waals surface area contributed by atoms with E-state index in [9.17, 15) is 14.3 Å². The number of aromatic amines is 1. The molecule has 1 fully saturated rings. The molecule has 0 atom stereocenters. The SMILES string of the molecule is CC(C)(C)c1cc(CN2CCC(Oc3ccccc3F)(C(=O)O)CC2)[nH]n1. The van der Waals surface area contributed by atoms with Crippen molar-refractivity contribution in [3.8, 4) is 5.75 Å². The quantitative estimate of drug-likeness (QED) is 0.838. The van der Waals surface area contributed by atoms with Gasteiger partial charge in [-0.25, -0.2) is 9.18 Å². The van der Waals surface area contributed by atoms with Crippen molar-refractivity contribution in [3.05, 3.63) is 47.5 Å². The molecule has 0 amide bonds. The molecule has 1 aromatic carbocycles. The first kappa shape index (κ1) is 19.4. The second kappa shape index (κ2) is 7.31. The second-order valence-corrected chi connectivity index (χ2v) is 8.14. The number of hydrogen-bond acceptors (Lipinski definition) is 4. The number of benzene rings is 1. The van der Waals surface area contributed by atoms with E-state index < -0.39 is 17.4 Å². The fraction of sp³-hybridized carbons (Fsp3) is 0.500. The molecule has 0 aliphatic carbocycles. The summed E-state index contributed by atoms with van der Waals surface area (Å²) in [6.07, 6.45) is 0.577. The largest absolute Gasteiger partial charge is 0.478 e. The lowest BCUT2D eigenvalue weighted by Gasteiger charge is -2.38. The average molecular weight is 375 g/mol. The topological polar surface area (TPSA) is 78.5 Å². The molecule has 0 spiro atoms. The van der Waals surface area contributed by atoms with Crippen molar-refractivity contribution in [2.24, 2.45) is 0 Å². The number of carboxylic acid groups (broad SMARTS) is 1. The fourth-order valence-corrected chi connectivity index (χ4v) is 3.24. The van der Waals surface area contributed by atoms with E-state index in [0.717, 1.165) is 11.4 Å². The Morgan fingerprint density at radius 3 is 2.56 bits per heavy atom. The van der Waals surface area contributed by atoms with Gasteiger partial charge < -0.3 is 9.84 Å². The predicted octanol–water partition coefficient (Wildman–Crippen LogP) is 3.34. The van der Waals surface area contributed by atoms with Crippen molar-refractivity contribution in [1.29, 1.82) is 0 Å². The van der Waals surface area contributed by atoms with Gasteiger partial charge in [0.05, 0.1) is 5.69 Å². The van der Waals surface area contributed by atoms with Gasteiger partial charge in [-0.15, -0.1) is 0 Å². The Balaban J connectivity index is 1.66. The Bertz CT molecular complexity index is 805. The smallest absolute Gasteiger partial charge is 0.348 e. The fourth-order valence-electron chi connectivity index (χ4n) is 3.24. The predicted molar refractivity (Wildman–Crippen MR) is 99.2 cm³/mol. The normalized spacial score (nSPS) is 17.6. The van der Waals surface area contributed by atoms with Crippen LogP contribution in [0.1, 0.15) is 45.0 Å². The first-order chi connectivity index (χ1) is 12.7. The van der Waals surface area contributed by atoms with Crippen LogP contribution in [0.3, 0.4) is 0 Å². The molecule has 146 valence electrons. The van der Waals surface area contributed by atoms with Crippen LogP contribution in [0.25, 0.3) is 0 Å². The van der Waals surface area contributed by atoms with Crippen LogP contribution >= 0.6 is 0 Å². The lowest BCUT2D eigenvalue weighted by molar-refractivity contribution is -0.160. The number of nitrogens with zero attached hydrogens (tertiary/aromatic N) is 2. The molecule has 1 aliphatic rings. The molecule has 3 rings (SSSR count). The molecular weight excluding hydrogens is 349 g/mol. The van der Waals surface area contributed by atoms with Crippen molar-refractivity contribution in [2.45, 2.75) is 51.2 Å². The minimum absolute atomic E-state index is 0.0169. The van der Waals surface area contributed by atoms with Crippen LogP contribution in [-0.4, -0.2) is 44.9 Å². The van der Waals surface area contributed by atoms with Gasteiger partial charge in [0.15, 0.2) is 11.6 Å². The van der Waals surface area contributed by atoms with E-state index in [2.05, 4.69) is 41.9 Å². The number of aliphatic carboxylic acids is 1. The van der Waals surface area contributed by atoms with E-state index in [-0.39, 0.29) is 24.0 Å². The Labute approximate surface area is 158 Å². The van der Waals surface area contributed by atoms with Gasteiger partial charge >= 0.3 is 5.97 Å². The highest BCUT2D eigenvalue weighted by atomic mass is 19.1. The van der Waals surface area contributed by atoms with Crippen LogP contribution in [0.4, 0.5) is 4.39 Å². The highest BCUT2D eigenvalue weighted by Crippen LogP contribution is 2.31. The van der Waals surface area contributed by atoms with Crippen LogP contribution < -0.4 is 4.74 Å². The molecule has 0 bridgehead atoms. The first-order valence-corrected chi connectivity index (χ1v) is 9.14. The van der Waals surface area contributed by atoms with E-state index in [1.165, 1.54) is 12.1 Å². The van der Waals surface area contributed by atoms with Crippen molar-refractivity contribution in [3.63, 3.8) is 0 Å². The maximum absolute atomic E-state index is 13.9. The zero-order valence-electron chi connectivity index (χ0n) is 16.0. The lowest BCUT2D eigenvalue weighted by Crippen LogP contribution is -2.53. The van der Waals surface area contributed by atoms with E-state index >= 15 is 0 Å². The summed E-state index contributed by atoms with van der Waals surface area (Å²) < 4.78 is 19.6. The van der Waals surface area contributed by atoms with Crippen molar-refractivity contribution in [1.82, 2.24) is 15.1 Å².